The maximum atomic E-state index is 13.4. The van der Waals surface area contributed by atoms with E-state index in [4.69, 9.17) is 4.74 Å². The Balaban J connectivity index is 1.29. The molecule has 1 saturated heterocycles. The van der Waals surface area contributed by atoms with Gasteiger partial charge in [0.2, 0.25) is 0 Å². The van der Waals surface area contributed by atoms with Crippen LogP contribution in [-0.2, 0) is 0 Å². The predicted octanol–water partition coefficient (Wildman–Crippen LogP) is 6.56. The van der Waals surface area contributed by atoms with Gasteiger partial charge < -0.3 is 9.64 Å². The molecule has 1 aliphatic rings. The zero-order valence-electron chi connectivity index (χ0n) is 18.0. The molecule has 2 nitrogen and oxygen atoms in total. The number of benzene rings is 3. The Morgan fingerprint density at radius 3 is 1.69 bits per heavy atom. The number of piperidine rings is 1. The summed E-state index contributed by atoms with van der Waals surface area (Å²) in [6, 6.07) is 19.4. The molecule has 168 valence electrons. The van der Waals surface area contributed by atoms with Crippen molar-refractivity contribution in [2.75, 3.05) is 19.6 Å². The summed E-state index contributed by atoms with van der Waals surface area (Å²) in [6.07, 6.45) is 3.93. The second-order valence-electron chi connectivity index (χ2n) is 8.41. The molecule has 0 N–H and O–H groups in total. The molecular formula is C27H28F3NO. The van der Waals surface area contributed by atoms with Crippen LogP contribution < -0.4 is 4.74 Å². The van der Waals surface area contributed by atoms with Crippen molar-refractivity contribution in [3.8, 4) is 5.75 Å². The van der Waals surface area contributed by atoms with Gasteiger partial charge in [0.1, 0.15) is 29.3 Å². The number of rotatable bonds is 8. The molecule has 0 saturated carbocycles. The Hall–Kier alpha value is -2.79. The average molecular weight is 440 g/mol. The number of halogens is 3. The Bertz CT molecular complexity index is 920. The lowest BCUT2D eigenvalue weighted by molar-refractivity contribution is 0.0994. The maximum Gasteiger partial charge on any atom is 0.123 e. The molecular weight excluding hydrogens is 411 g/mol. The molecule has 1 heterocycles. The van der Waals surface area contributed by atoms with Gasteiger partial charge in [-0.3, -0.25) is 0 Å². The molecule has 0 radical (unpaired) electrons. The van der Waals surface area contributed by atoms with E-state index in [-0.39, 0.29) is 29.5 Å². The Kier molecular flexibility index (Phi) is 7.48. The summed E-state index contributed by atoms with van der Waals surface area (Å²) in [6.45, 7) is 2.90. The Morgan fingerprint density at radius 1 is 0.719 bits per heavy atom. The fraction of sp³-hybridized carbons (Fsp3) is 0.333. The third kappa shape index (κ3) is 6.13. The van der Waals surface area contributed by atoms with Crippen molar-refractivity contribution in [1.82, 2.24) is 4.90 Å². The number of likely N-dealkylation sites (tertiary alicyclic amines) is 1. The van der Waals surface area contributed by atoms with Crippen LogP contribution in [0.1, 0.15) is 42.7 Å². The fourth-order valence-corrected chi connectivity index (χ4v) is 4.39. The van der Waals surface area contributed by atoms with E-state index in [9.17, 15) is 13.2 Å². The highest BCUT2D eigenvalue weighted by molar-refractivity contribution is 5.32. The van der Waals surface area contributed by atoms with Gasteiger partial charge in [-0.15, -0.1) is 0 Å². The van der Waals surface area contributed by atoms with Crippen LogP contribution in [0.15, 0.2) is 72.8 Å². The van der Waals surface area contributed by atoms with E-state index < -0.39 is 0 Å². The smallest absolute Gasteiger partial charge is 0.123 e. The van der Waals surface area contributed by atoms with E-state index >= 15 is 0 Å². The zero-order valence-corrected chi connectivity index (χ0v) is 18.0. The normalized spacial score (nSPS) is 15.2. The quantitative estimate of drug-likeness (QED) is 0.394. The molecule has 3 aromatic carbocycles. The molecule has 5 heteroatoms. The monoisotopic (exact) mass is 439 g/mol. The maximum absolute atomic E-state index is 13.4. The molecule has 0 atom stereocenters. The molecule has 0 amide bonds. The molecule has 0 unspecified atom stereocenters. The second kappa shape index (κ2) is 10.7. The lowest BCUT2D eigenvalue weighted by atomic mass is 9.87. The summed E-state index contributed by atoms with van der Waals surface area (Å²) in [5, 5.41) is 0. The van der Waals surface area contributed by atoms with Gasteiger partial charge in [-0.1, -0.05) is 24.3 Å². The summed E-state index contributed by atoms with van der Waals surface area (Å²) in [7, 11) is 0. The minimum atomic E-state index is -0.258. The van der Waals surface area contributed by atoms with Gasteiger partial charge in [0.25, 0.3) is 0 Å². The van der Waals surface area contributed by atoms with Gasteiger partial charge in [0.15, 0.2) is 0 Å². The molecule has 4 rings (SSSR count). The standard InChI is InChI=1S/C27H28F3NO/c28-22-7-3-20(4-8-22)27(21-5-9-23(29)10-6-21)2-1-17-31-18-15-26(16-19-31)32-25-13-11-24(30)12-14-25/h3-14,26-27H,1-2,15-19H2. The fourth-order valence-electron chi connectivity index (χ4n) is 4.39. The topological polar surface area (TPSA) is 12.5 Å². The lowest BCUT2D eigenvalue weighted by Gasteiger charge is -2.32. The van der Waals surface area contributed by atoms with Gasteiger partial charge in [0.05, 0.1) is 0 Å². The Labute approximate surface area is 187 Å². The number of ether oxygens (including phenoxy) is 1. The van der Waals surface area contributed by atoms with Crippen LogP contribution >= 0.6 is 0 Å². The van der Waals surface area contributed by atoms with Crippen LogP contribution in [0.4, 0.5) is 13.2 Å². The van der Waals surface area contributed by atoms with E-state index in [1.807, 2.05) is 24.3 Å². The lowest BCUT2D eigenvalue weighted by Crippen LogP contribution is -2.38. The van der Waals surface area contributed by atoms with Gasteiger partial charge in [-0.25, -0.2) is 13.2 Å². The molecule has 1 aliphatic heterocycles. The highest BCUT2D eigenvalue weighted by Crippen LogP contribution is 2.30. The van der Waals surface area contributed by atoms with E-state index in [1.165, 1.54) is 36.4 Å². The summed E-state index contributed by atoms with van der Waals surface area (Å²) < 4.78 is 45.8. The minimum Gasteiger partial charge on any atom is -0.490 e. The third-order valence-corrected chi connectivity index (χ3v) is 6.16. The summed E-state index contributed by atoms with van der Waals surface area (Å²) >= 11 is 0. The third-order valence-electron chi connectivity index (χ3n) is 6.16. The van der Waals surface area contributed by atoms with Crippen molar-refractivity contribution in [2.24, 2.45) is 0 Å². The van der Waals surface area contributed by atoms with E-state index in [0.29, 0.717) is 5.75 Å². The first-order chi connectivity index (χ1) is 15.6. The molecule has 1 fully saturated rings. The van der Waals surface area contributed by atoms with Crippen molar-refractivity contribution < 1.29 is 17.9 Å². The first kappa shape index (κ1) is 22.4. The largest absolute Gasteiger partial charge is 0.490 e. The van der Waals surface area contributed by atoms with Crippen LogP contribution in [0, 0.1) is 17.5 Å². The first-order valence-electron chi connectivity index (χ1n) is 11.2. The van der Waals surface area contributed by atoms with Gasteiger partial charge in [0, 0.05) is 19.0 Å². The number of hydrogen-bond acceptors (Lipinski definition) is 2. The van der Waals surface area contributed by atoms with Crippen molar-refractivity contribution in [2.45, 2.75) is 37.7 Å². The second-order valence-corrected chi connectivity index (χ2v) is 8.41. The van der Waals surface area contributed by atoms with Gasteiger partial charge >= 0.3 is 0 Å². The molecule has 32 heavy (non-hydrogen) atoms. The highest BCUT2D eigenvalue weighted by Gasteiger charge is 2.21. The summed E-state index contributed by atoms with van der Waals surface area (Å²) in [5.74, 6) is 0.0586. The highest BCUT2D eigenvalue weighted by atomic mass is 19.1. The molecule has 3 aromatic rings. The Morgan fingerprint density at radius 2 is 1.19 bits per heavy atom. The van der Waals surface area contributed by atoms with Crippen molar-refractivity contribution >= 4 is 0 Å². The van der Waals surface area contributed by atoms with E-state index in [2.05, 4.69) is 4.90 Å². The first-order valence-corrected chi connectivity index (χ1v) is 11.2. The predicted molar refractivity (Wildman–Crippen MR) is 120 cm³/mol. The van der Waals surface area contributed by atoms with Crippen LogP contribution in [0.25, 0.3) is 0 Å². The van der Waals surface area contributed by atoms with Crippen molar-refractivity contribution in [1.29, 1.82) is 0 Å². The molecule has 0 aliphatic carbocycles. The zero-order chi connectivity index (χ0) is 22.3. The van der Waals surface area contributed by atoms with Crippen LogP contribution in [-0.4, -0.2) is 30.6 Å². The van der Waals surface area contributed by atoms with Gasteiger partial charge in [-0.2, -0.15) is 0 Å². The van der Waals surface area contributed by atoms with Crippen LogP contribution in [0.3, 0.4) is 0 Å². The molecule has 0 spiro atoms. The summed E-state index contributed by atoms with van der Waals surface area (Å²) in [4.78, 5) is 2.44. The number of nitrogens with zero attached hydrogens (tertiary/aromatic N) is 1. The SMILES string of the molecule is Fc1ccc(OC2CCN(CCCC(c3ccc(F)cc3)c3ccc(F)cc3)CC2)cc1. The van der Waals surface area contributed by atoms with Gasteiger partial charge in [-0.05, 0) is 91.9 Å². The van der Waals surface area contributed by atoms with Crippen LogP contribution in [0.5, 0.6) is 5.75 Å². The minimum absolute atomic E-state index is 0.107. The molecule has 0 bridgehead atoms. The van der Waals surface area contributed by atoms with Crippen LogP contribution in [0.2, 0.25) is 0 Å². The average Bonchev–Trinajstić information content (AvgIpc) is 2.81. The van der Waals surface area contributed by atoms with Crippen molar-refractivity contribution in [3.05, 3.63) is 101 Å². The number of hydrogen-bond donors (Lipinski definition) is 0. The van der Waals surface area contributed by atoms with E-state index in [0.717, 1.165) is 56.4 Å². The van der Waals surface area contributed by atoms with Crippen molar-refractivity contribution in [3.63, 3.8) is 0 Å². The van der Waals surface area contributed by atoms with E-state index in [1.54, 1.807) is 12.1 Å². The summed E-state index contributed by atoms with van der Waals surface area (Å²) in [5.41, 5.74) is 2.09. The molecule has 0 aromatic heterocycles.